The molecule has 0 radical (unpaired) electrons. The molecule has 2 aromatic heterocycles. The molecule has 1 aliphatic rings. The van der Waals surface area contributed by atoms with Crippen LogP contribution in [0.3, 0.4) is 0 Å². The molecule has 150 valence electrons. The van der Waals surface area contributed by atoms with Crippen molar-refractivity contribution in [2.24, 2.45) is 5.92 Å². The van der Waals surface area contributed by atoms with Crippen LogP contribution in [-0.2, 0) is 11.2 Å². The highest BCUT2D eigenvalue weighted by atomic mass is 32.2. The largest absolute Gasteiger partial charge is 0.352 e. The summed E-state index contributed by atoms with van der Waals surface area (Å²) >= 11 is 1.52. The van der Waals surface area contributed by atoms with Crippen LogP contribution < -0.4 is 5.32 Å². The van der Waals surface area contributed by atoms with Crippen molar-refractivity contribution >= 4 is 34.3 Å². The summed E-state index contributed by atoms with van der Waals surface area (Å²) in [6.45, 7) is 4.27. The van der Waals surface area contributed by atoms with Gasteiger partial charge in [0, 0.05) is 6.04 Å². The average molecular weight is 407 g/mol. The fourth-order valence-corrected chi connectivity index (χ4v) is 5.17. The molecule has 1 fully saturated rings. The Labute approximate surface area is 175 Å². The zero-order chi connectivity index (χ0) is 20.4. The van der Waals surface area contributed by atoms with Gasteiger partial charge in [0.05, 0.1) is 27.4 Å². The van der Waals surface area contributed by atoms with E-state index in [9.17, 15) is 10.1 Å². The summed E-state index contributed by atoms with van der Waals surface area (Å²) in [5.74, 6) is 0.984. The highest BCUT2D eigenvalue weighted by Crippen LogP contribution is 2.30. The van der Waals surface area contributed by atoms with Crippen LogP contribution in [-0.4, -0.2) is 27.1 Å². The van der Waals surface area contributed by atoms with E-state index in [4.69, 9.17) is 4.98 Å². The molecule has 0 saturated heterocycles. The van der Waals surface area contributed by atoms with Gasteiger partial charge in [-0.05, 0) is 48.9 Å². The Balaban J connectivity index is 1.64. The molecule has 5 nitrogen and oxygen atoms in total. The van der Waals surface area contributed by atoms with E-state index in [2.05, 4.69) is 18.3 Å². The zero-order valence-corrected chi connectivity index (χ0v) is 17.8. The number of hydrogen-bond acceptors (Lipinski definition) is 4. The number of carbonyl (C=O) groups excluding carboxylic acids is 1. The number of nitrogens with one attached hydrogen (secondary N) is 1. The van der Waals surface area contributed by atoms with E-state index in [-0.39, 0.29) is 11.9 Å². The Morgan fingerprint density at radius 1 is 1.34 bits per heavy atom. The molecule has 3 aromatic rings. The quantitative estimate of drug-likeness (QED) is 0.623. The fourth-order valence-electron chi connectivity index (χ4n) is 4.27. The van der Waals surface area contributed by atoms with Crippen molar-refractivity contribution in [2.45, 2.75) is 57.0 Å². The molecule has 2 heterocycles. The summed E-state index contributed by atoms with van der Waals surface area (Å²) in [7, 11) is 0. The van der Waals surface area contributed by atoms with Gasteiger partial charge in [0.15, 0.2) is 5.65 Å². The van der Waals surface area contributed by atoms with Gasteiger partial charge >= 0.3 is 0 Å². The lowest BCUT2D eigenvalue weighted by Gasteiger charge is -2.29. The van der Waals surface area contributed by atoms with E-state index in [1.54, 1.807) is 0 Å². The molecule has 0 spiro atoms. The average Bonchev–Trinajstić information content (AvgIpc) is 3.12. The molecule has 1 saturated carbocycles. The van der Waals surface area contributed by atoms with Crippen LogP contribution in [0.15, 0.2) is 35.4 Å². The Hall–Kier alpha value is -2.52. The minimum Gasteiger partial charge on any atom is -0.352 e. The number of aryl methyl sites for hydroxylation is 1. The van der Waals surface area contributed by atoms with Crippen molar-refractivity contribution in [3.8, 4) is 6.07 Å². The Morgan fingerprint density at radius 2 is 2.14 bits per heavy atom. The second-order valence-corrected chi connectivity index (χ2v) is 8.83. The normalized spacial score (nSPS) is 19.3. The Kier molecular flexibility index (Phi) is 5.77. The summed E-state index contributed by atoms with van der Waals surface area (Å²) in [6.07, 6.45) is 5.47. The van der Waals surface area contributed by atoms with Gasteiger partial charge in [0.1, 0.15) is 6.07 Å². The lowest BCUT2D eigenvalue weighted by molar-refractivity contribution is -0.119. The number of hydrogen-bond donors (Lipinski definition) is 1. The van der Waals surface area contributed by atoms with E-state index < -0.39 is 0 Å². The summed E-state index contributed by atoms with van der Waals surface area (Å²) in [4.78, 5) is 17.3. The second kappa shape index (κ2) is 8.46. The van der Waals surface area contributed by atoms with Crippen molar-refractivity contribution in [2.75, 3.05) is 5.75 Å². The van der Waals surface area contributed by atoms with Crippen LogP contribution in [0.2, 0.25) is 0 Å². The monoisotopic (exact) mass is 406 g/mol. The smallest absolute Gasteiger partial charge is 0.230 e. The maximum atomic E-state index is 12.6. The van der Waals surface area contributed by atoms with E-state index in [1.807, 2.05) is 41.7 Å². The van der Waals surface area contributed by atoms with Crippen LogP contribution in [0, 0.1) is 17.2 Å². The summed E-state index contributed by atoms with van der Waals surface area (Å²) in [5.41, 5.74) is 4.09. The van der Waals surface area contributed by atoms with Crippen LogP contribution in [0.4, 0.5) is 0 Å². The molecular weight excluding hydrogens is 380 g/mol. The number of amides is 1. The minimum absolute atomic E-state index is 0.0775. The minimum atomic E-state index is 0.0775. The van der Waals surface area contributed by atoms with Crippen LogP contribution in [0.5, 0.6) is 0 Å². The molecule has 2 atom stereocenters. The number of para-hydroxylation sites is 2. The third-order valence-electron chi connectivity index (χ3n) is 5.93. The summed E-state index contributed by atoms with van der Waals surface area (Å²) < 4.78 is 2.02. The third kappa shape index (κ3) is 3.84. The van der Waals surface area contributed by atoms with Gasteiger partial charge in [-0.15, -0.1) is 0 Å². The number of rotatable bonds is 5. The molecule has 0 unspecified atom stereocenters. The number of nitrogens with zero attached hydrogens (tertiary/aromatic N) is 3. The Morgan fingerprint density at radius 3 is 2.90 bits per heavy atom. The van der Waals surface area contributed by atoms with Crippen molar-refractivity contribution in [3.63, 3.8) is 0 Å². The third-order valence-corrected chi connectivity index (χ3v) is 6.93. The molecule has 6 heteroatoms. The van der Waals surface area contributed by atoms with Crippen LogP contribution >= 0.6 is 11.8 Å². The Bertz CT molecular complexity index is 1100. The number of pyridine rings is 1. The summed E-state index contributed by atoms with van der Waals surface area (Å²) in [5, 5.41) is 13.9. The predicted octanol–water partition coefficient (Wildman–Crippen LogP) is 4.71. The number of fused-ring (bicyclic) bond motifs is 3. The van der Waals surface area contributed by atoms with Crippen LogP contribution in [0.1, 0.15) is 50.7 Å². The standard InChI is InChI=1S/C23H26N4OS/c1-3-16-12-22(29-14-21(28)25-18-9-5-4-8-15(18)2)27-20-11-7-6-10-19(20)26-23(27)17(16)13-24/h6-7,10-12,15,18H,3-5,8-9,14H2,1-2H3,(H,25,28)/t15-,18+/m1/s1. The first kappa shape index (κ1) is 19.8. The fraction of sp³-hybridized carbons (Fsp3) is 0.435. The predicted molar refractivity (Wildman–Crippen MR) is 117 cm³/mol. The second-order valence-electron chi connectivity index (χ2n) is 7.83. The number of thioether (sulfide) groups is 1. The molecule has 0 bridgehead atoms. The van der Waals surface area contributed by atoms with Gasteiger partial charge in [-0.3, -0.25) is 9.20 Å². The van der Waals surface area contributed by atoms with Crippen molar-refractivity contribution in [1.29, 1.82) is 5.26 Å². The first-order chi connectivity index (χ1) is 14.1. The molecule has 1 aliphatic carbocycles. The molecular formula is C23H26N4OS. The van der Waals surface area contributed by atoms with Gasteiger partial charge in [-0.25, -0.2) is 4.98 Å². The number of aromatic nitrogens is 2. The van der Waals surface area contributed by atoms with Gasteiger partial charge in [-0.1, -0.05) is 50.6 Å². The molecule has 1 amide bonds. The molecule has 4 rings (SSSR count). The van der Waals surface area contributed by atoms with E-state index in [0.717, 1.165) is 34.5 Å². The lowest BCUT2D eigenvalue weighted by Crippen LogP contribution is -2.41. The van der Waals surface area contributed by atoms with Crippen LogP contribution in [0.25, 0.3) is 16.7 Å². The van der Waals surface area contributed by atoms with Crippen molar-refractivity contribution in [1.82, 2.24) is 14.7 Å². The maximum Gasteiger partial charge on any atom is 0.230 e. The highest BCUT2D eigenvalue weighted by molar-refractivity contribution is 7.99. The van der Waals surface area contributed by atoms with Crippen molar-refractivity contribution in [3.05, 3.63) is 41.5 Å². The van der Waals surface area contributed by atoms with Crippen molar-refractivity contribution < 1.29 is 4.79 Å². The molecule has 1 N–H and O–H groups in total. The highest BCUT2D eigenvalue weighted by Gasteiger charge is 2.23. The number of imidazole rings is 1. The van der Waals surface area contributed by atoms with E-state index >= 15 is 0 Å². The molecule has 1 aromatic carbocycles. The molecule has 29 heavy (non-hydrogen) atoms. The van der Waals surface area contributed by atoms with E-state index in [1.165, 1.54) is 31.0 Å². The van der Waals surface area contributed by atoms with Gasteiger partial charge in [-0.2, -0.15) is 5.26 Å². The number of carbonyl (C=O) groups is 1. The first-order valence-corrected chi connectivity index (χ1v) is 11.4. The summed E-state index contributed by atoms with van der Waals surface area (Å²) in [6, 6.07) is 12.6. The van der Waals surface area contributed by atoms with Gasteiger partial charge in [0.25, 0.3) is 0 Å². The number of benzene rings is 1. The SMILES string of the molecule is CCc1cc(SCC(=O)N[C@H]2CCCC[C@H]2C)n2c(nc3ccccc32)c1C#N. The van der Waals surface area contributed by atoms with Gasteiger partial charge in [0.2, 0.25) is 5.91 Å². The lowest BCUT2D eigenvalue weighted by atomic mass is 9.86. The zero-order valence-electron chi connectivity index (χ0n) is 16.9. The molecule has 0 aliphatic heterocycles. The van der Waals surface area contributed by atoms with E-state index in [0.29, 0.717) is 22.9 Å². The maximum absolute atomic E-state index is 12.6. The number of nitriles is 1. The topological polar surface area (TPSA) is 70.2 Å². The van der Waals surface area contributed by atoms with Gasteiger partial charge < -0.3 is 5.32 Å². The first-order valence-electron chi connectivity index (χ1n) is 10.4.